The number of aromatic nitrogens is 2. The molecule has 0 radical (unpaired) electrons. The van der Waals surface area contributed by atoms with Gasteiger partial charge in [0.05, 0.1) is 25.0 Å². The lowest BCUT2D eigenvalue weighted by atomic mass is 10.1. The van der Waals surface area contributed by atoms with Crippen molar-refractivity contribution in [2.24, 2.45) is 12.9 Å². The van der Waals surface area contributed by atoms with Crippen molar-refractivity contribution in [1.82, 2.24) is 15.2 Å². The highest BCUT2D eigenvalue weighted by molar-refractivity contribution is 5.27. The molecule has 80 valence electrons. The van der Waals surface area contributed by atoms with Crippen LogP contribution in [0.4, 0.5) is 0 Å². The van der Waals surface area contributed by atoms with Crippen molar-refractivity contribution < 1.29 is 4.74 Å². The number of ether oxygens (including phenoxy) is 1. The fourth-order valence-corrected chi connectivity index (χ4v) is 1.57. The van der Waals surface area contributed by atoms with Gasteiger partial charge in [-0.2, -0.15) is 5.10 Å². The molecule has 1 heterocycles. The molecule has 1 aromatic rings. The number of rotatable bonds is 5. The molecule has 0 aliphatic carbocycles. The van der Waals surface area contributed by atoms with Crippen molar-refractivity contribution in [3.8, 4) is 5.75 Å². The first kappa shape index (κ1) is 11.0. The van der Waals surface area contributed by atoms with E-state index in [2.05, 4.69) is 17.4 Å². The maximum absolute atomic E-state index is 5.50. The molecule has 0 aliphatic rings. The van der Waals surface area contributed by atoms with Crippen LogP contribution in [0.5, 0.6) is 5.75 Å². The zero-order valence-corrected chi connectivity index (χ0v) is 8.95. The summed E-state index contributed by atoms with van der Waals surface area (Å²) in [6, 6.07) is 0.0995. The first-order chi connectivity index (χ1) is 6.74. The van der Waals surface area contributed by atoms with E-state index in [1.165, 1.54) is 0 Å². The Hall–Kier alpha value is -1.07. The van der Waals surface area contributed by atoms with Crippen LogP contribution in [0.2, 0.25) is 0 Å². The Morgan fingerprint density at radius 2 is 2.43 bits per heavy atom. The van der Waals surface area contributed by atoms with Gasteiger partial charge in [-0.05, 0) is 6.42 Å². The zero-order valence-electron chi connectivity index (χ0n) is 8.95. The van der Waals surface area contributed by atoms with E-state index in [4.69, 9.17) is 10.6 Å². The number of nitrogens with two attached hydrogens (primary N) is 1. The highest BCUT2D eigenvalue weighted by atomic mass is 16.5. The standard InChI is InChI=1S/C9H18N4O/c1-4-5-7(12-10)9-8(14-3)6-11-13(9)2/h6-7,12H,4-5,10H2,1-3H3. The summed E-state index contributed by atoms with van der Waals surface area (Å²) in [6.07, 6.45) is 3.73. The molecule has 0 bridgehead atoms. The minimum Gasteiger partial charge on any atom is -0.493 e. The van der Waals surface area contributed by atoms with Crippen LogP contribution in [0.3, 0.4) is 0 Å². The number of hydrogen-bond donors (Lipinski definition) is 2. The maximum atomic E-state index is 5.50. The zero-order chi connectivity index (χ0) is 10.6. The maximum Gasteiger partial charge on any atom is 0.161 e. The van der Waals surface area contributed by atoms with Crippen LogP contribution in [0.25, 0.3) is 0 Å². The molecule has 1 atom stereocenters. The predicted octanol–water partition coefficient (Wildman–Crippen LogP) is 0.733. The van der Waals surface area contributed by atoms with Gasteiger partial charge in [0.25, 0.3) is 0 Å². The molecule has 0 spiro atoms. The van der Waals surface area contributed by atoms with Gasteiger partial charge in [-0.15, -0.1) is 0 Å². The molecule has 0 fully saturated rings. The molecule has 0 saturated carbocycles. The summed E-state index contributed by atoms with van der Waals surface area (Å²) in [6.45, 7) is 2.12. The Labute approximate surface area is 84.2 Å². The van der Waals surface area contributed by atoms with Crippen LogP contribution in [0.15, 0.2) is 6.20 Å². The van der Waals surface area contributed by atoms with Gasteiger partial charge in [-0.1, -0.05) is 13.3 Å². The molecular weight excluding hydrogens is 180 g/mol. The molecule has 5 nitrogen and oxygen atoms in total. The monoisotopic (exact) mass is 198 g/mol. The average Bonchev–Trinajstić information content (AvgIpc) is 2.56. The summed E-state index contributed by atoms with van der Waals surface area (Å²) in [5.41, 5.74) is 3.78. The minimum atomic E-state index is 0.0995. The second-order valence-electron chi connectivity index (χ2n) is 3.23. The molecule has 0 amide bonds. The summed E-state index contributed by atoms with van der Waals surface area (Å²) < 4.78 is 7.01. The summed E-state index contributed by atoms with van der Waals surface area (Å²) in [7, 11) is 3.53. The summed E-state index contributed by atoms with van der Waals surface area (Å²) >= 11 is 0. The van der Waals surface area contributed by atoms with Gasteiger partial charge in [-0.25, -0.2) is 0 Å². The molecule has 1 unspecified atom stereocenters. The summed E-state index contributed by atoms with van der Waals surface area (Å²) in [5, 5.41) is 4.13. The Bertz CT molecular complexity index is 284. The van der Waals surface area contributed by atoms with Crippen LogP contribution in [0.1, 0.15) is 31.5 Å². The second-order valence-corrected chi connectivity index (χ2v) is 3.23. The quantitative estimate of drug-likeness (QED) is 0.541. The summed E-state index contributed by atoms with van der Waals surface area (Å²) in [4.78, 5) is 0. The lowest BCUT2D eigenvalue weighted by Crippen LogP contribution is -2.29. The fourth-order valence-electron chi connectivity index (χ4n) is 1.57. The van der Waals surface area contributed by atoms with E-state index in [1.807, 2.05) is 7.05 Å². The molecule has 1 rings (SSSR count). The van der Waals surface area contributed by atoms with E-state index in [0.29, 0.717) is 0 Å². The van der Waals surface area contributed by atoms with Gasteiger partial charge in [0.15, 0.2) is 5.75 Å². The number of aryl methyl sites for hydroxylation is 1. The molecule has 3 N–H and O–H groups in total. The third kappa shape index (κ3) is 2.05. The SMILES string of the molecule is CCCC(NN)c1c(OC)cnn1C. The van der Waals surface area contributed by atoms with E-state index in [9.17, 15) is 0 Å². The van der Waals surface area contributed by atoms with Gasteiger partial charge >= 0.3 is 0 Å². The highest BCUT2D eigenvalue weighted by Crippen LogP contribution is 2.26. The normalized spacial score (nSPS) is 12.9. The van der Waals surface area contributed by atoms with Gasteiger partial charge in [0, 0.05) is 7.05 Å². The molecule has 1 aromatic heterocycles. The molecule has 0 aromatic carbocycles. The van der Waals surface area contributed by atoms with Gasteiger partial charge in [-0.3, -0.25) is 16.0 Å². The number of nitrogens with zero attached hydrogens (tertiary/aromatic N) is 2. The molecule has 5 heteroatoms. The summed E-state index contributed by atoms with van der Waals surface area (Å²) in [5.74, 6) is 6.28. The fraction of sp³-hybridized carbons (Fsp3) is 0.667. The van der Waals surface area contributed by atoms with Crippen LogP contribution < -0.4 is 16.0 Å². The van der Waals surface area contributed by atoms with E-state index < -0.39 is 0 Å². The molecule has 14 heavy (non-hydrogen) atoms. The largest absolute Gasteiger partial charge is 0.493 e. The molecule has 0 aliphatic heterocycles. The number of hydrazine groups is 1. The van der Waals surface area contributed by atoms with E-state index >= 15 is 0 Å². The number of nitrogens with one attached hydrogen (secondary N) is 1. The topological polar surface area (TPSA) is 65.1 Å². The van der Waals surface area contributed by atoms with Crippen LogP contribution in [-0.4, -0.2) is 16.9 Å². The Kier molecular flexibility index (Phi) is 3.91. The van der Waals surface area contributed by atoms with E-state index in [0.717, 1.165) is 24.3 Å². The highest BCUT2D eigenvalue weighted by Gasteiger charge is 2.18. The van der Waals surface area contributed by atoms with Gasteiger partial charge < -0.3 is 4.74 Å². The Balaban J connectivity index is 2.94. The minimum absolute atomic E-state index is 0.0995. The second kappa shape index (κ2) is 4.97. The van der Waals surface area contributed by atoms with Crippen LogP contribution in [-0.2, 0) is 7.05 Å². The van der Waals surface area contributed by atoms with Gasteiger partial charge in [0.1, 0.15) is 0 Å². The first-order valence-electron chi connectivity index (χ1n) is 4.76. The lowest BCUT2D eigenvalue weighted by molar-refractivity contribution is 0.389. The van der Waals surface area contributed by atoms with Crippen molar-refractivity contribution in [3.63, 3.8) is 0 Å². The van der Waals surface area contributed by atoms with Crippen molar-refractivity contribution >= 4 is 0 Å². The number of hydrogen-bond acceptors (Lipinski definition) is 4. The van der Waals surface area contributed by atoms with E-state index in [-0.39, 0.29) is 6.04 Å². The van der Waals surface area contributed by atoms with E-state index in [1.54, 1.807) is 18.0 Å². The lowest BCUT2D eigenvalue weighted by Gasteiger charge is -2.16. The Morgan fingerprint density at radius 1 is 1.71 bits per heavy atom. The average molecular weight is 198 g/mol. The third-order valence-corrected chi connectivity index (χ3v) is 2.28. The van der Waals surface area contributed by atoms with Gasteiger partial charge in [0.2, 0.25) is 0 Å². The molecular formula is C9H18N4O. The van der Waals surface area contributed by atoms with Crippen molar-refractivity contribution in [2.75, 3.05) is 7.11 Å². The van der Waals surface area contributed by atoms with Crippen molar-refractivity contribution in [3.05, 3.63) is 11.9 Å². The van der Waals surface area contributed by atoms with Crippen LogP contribution >= 0.6 is 0 Å². The van der Waals surface area contributed by atoms with Crippen LogP contribution in [0, 0.1) is 0 Å². The number of methoxy groups -OCH3 is 1. The first-order valence-corrected chi connectivity index (χ1v) is 4.76. The van der Waals surface area contributed by atoms with Crippen molar-refractivity contribution in [2.45, 2.75) is 25.8 Å². The smallest absolute Gasteiger partial charge is 0.161 e. The Morgan fingerprint density at radius 3 is 2.93 bits per heavy atom. The van der Waals surface area contributed by atoms with Crippen molar-refractivity contribution in [1.29, 1.82) is 0 Å². The molecule has 0 saturated heterocycles. The third-order valence-electron chi connectivity index (χ3n) is 2.28. The predicted molar refractivity (Wildman–Crippen MR) is 54.7 cm³/mol.